The number of aliphatic carboxylic acids is 1. The number of nitro groups is 1. The lowest BCUT2D eigenvalue weighted by Crippen LogP contribution is -2.24. The van der Waals surface area contributed by atoms with Crippen molar-refractivity contribution < 1.29 is 29.1 Å². The lowest BCUT2D eigenvalue weighted by Gasteiger charge is -2.04. The average Bonchev–Trinajstić information content (AvgIpc) is 2.66. The third-order valence-electron chi connectivity index (χ3n) is 3.06. The molecule has 0 aliphatic carbocycles. The number of carboxylic acids is 1. The van der Waals surface area contributed by atoms with Gasteiger partial charge in [0, 0.05) is 12.1 Å². The summed E-state index contributed by atoms with van der Waals surface area (Å²) in [6.45, 7) is -0.741. The number of benzene rings is 2. The predicted molar refractivity (Wildman–Crippen MR) is 93.9 cm³/mol. The number of hydrogen-bond acceptors (Lipinski definition) is 7. The summed E-state index contributed by atoms with van der Waals surface area (Å²) in [5.74, 6) is -0.864. The molecule has 0 spiro atoms. The molecule has 0 aliphatic heterocycles. The lowest BCUT2D eigenvalue weighted by atomic mass is 10.2. The maximum Gasteiger partial charge on any atom is 0.341 e. The second kappa shape index (κ2) is 9.51. The van der Waals surface area contributed by atoms with Crippen LogP contribution in [0.15, 0.2) is 53.6 Å². The van der Waals surface area contributed by atoms with Crippen molar-refractivity contribution in [3.8, 4) is 11.5 Å². The third-order valence-corrected chi connectivity index (χ3v) is 3.06. The van der Waals surface area contributed by atoms with Gasteiger partial charge in [-0.15, -0.1) is 0 Å². The van der Waals surface area contributed by atoms with Crippen molar-refractivity contribution in [1.82, 2.24) is 5.43 Å². The number of rotatable bonds is 9. The van der Waals surface area contributed by atoms with Crippen LogP contribution in [0.2, 0.25) is 0 Å². The van der Waals surface area contributed by atoms with E-state index in [1.54, 1.807) is 24.3 Å². The third kappa shape index (κ3) is 6.82. The van der Waals surface area contributed by atoms with Gasteiger partial charge < -0.3 is 14.6 Å². The summed E-state index contributed by atoms with van der Waals surface area (Å²) in [6, 6.07) is 11.8. The monoisotopic (exact) mass is 373 g/mol. The standard InChI is InChI=1S/C17H15N3O7/c21-16(10-26-15-7-3-13(4-8-15)20(24)25)19-18-9-12-1-5-14(6-2-12)27-11-17(22)23/h1-9H,10-11H2,(H,19,21)(H,22,23)/b18-9-. The highest BCUT2D eigenvalue weighted by Gasteiger charge is 2.06. The molecule has 10 nitrogen and oxygen atoms in total. The quantitative estimate of drug-likeness (QED) is 0.386. The molecule has 0 aliphatic rings. The first-order valence-corrected chi connectivity index (χ1v) is 7.58. The van der Waals surface area contributed by atoms with Crippen molar-refractivity contribution in [3.63, 3.8) is 0 Å². The highest BCUT2D eigenvalue weighted by Crippen LogP contribution is 2.17. The smallest absolute Gasteiger partial charge is 0.341 e. The van der Waals surface area contributed by atoms with E-state index in [2.05, 4.69) is 10.5 Å². The maximum atomic E-state index is 11.7. The number of nitrogens with one attached hydrogen (secondary N) is 1. The van der Waals surface area contributed by atoms with Crippen LogP contribution in [0.5, 0.6) is 11.5 Å². The Morgan fingerprint density at radius 1 is 1.04 bits per heavy atom. The molecule has 0 radical (unpaired) electrons. The molecular formula is C17H15N3O7. The molecule has 0 aromatic heterocycles. The first-order valence-electron chi connectivity index (χ1n) is 7.58. The summed E-state index contributed by atoms with van der Waals surface area (Å²) < 4.78 is 10.2. The first-order chi connectivity index (χ1) is 12.9. The Bertz CT molecular complexity index is 833. The van der Waals surface area contributed by atoms with Crippen LogP contribution < -0.4 is 14.9 Å². The fraction of sp³-hybridized carbons (Fsp3) is 0.118. The Morgan fingerprint density at radius 3 is 2.15 bits per heavy atom. The molecule has 2 rings (SSSR count). The Labute approximate surface area is 153 Å². The topological polar surface area (TPSA) is 140 Å². The van der Waals surface area contributed by atoms with Gasteiger partial charge in [-0.05, 0) is 42.0 Å². The molecule has 140 valence electrons. The van der Waals surface area contributed by atoms with E-state index < -0.39 is 23.4 Å². The van der Waals surface area contributed by atoms with E-state index in [9.17, 15) is 19.7 Å². The zero-order chi connectivity index (χ0) is 19.6. The minimum absolute atomic E-state index is 0.0734. The van der Waals surface area contributed by atoms with Crippen LogP contribution in [0.1, 0.15) is 5.56 Å². The second-order valence-corrected chi connectivity index (χ2v) is 5.08. The van der Waals surface area contributed by atoms with Crippen LogP contribution in [-0.4, -0.2) is 41.3 Å². The molecule has 10 heteroatoms. The van der Waals surface area contributed by atoms with Gasteiger partial charge in [-0.1, -0.05) is 0 Å². The molecule has 0 saturated carbocycles. The maximum absolute atomic E-state index is 11.7. The van der Waals surface area contributed by atoms with Crippen LogP contribution in [0.3, 0.4) is 0 Å². The van der Waals surface area contributed by atoms with Gasteiger partial charge >= 0.3 is 5.97 Å². The Hall–Kier alpha value is -3.95. The predicted octanol–water partition coefficient (Wildman–Crippen LogP) is 1.59. The second-order valence-electron chi connectivity index (χ2n) is 5.08. The summed E-state index contributed by atoms with van der Waals surface area (Å²) in [5, 5.41) is 22.8. The molecule has 0 saturated heterocycles. The largest absolute Gasteiger partial charge is 0.484 e. The van der Waals surface area contributed by atoms with Gasteiger partial charge in [-0.25, -0.2) is 10.2 Å². The molecule has 2 aromatic rings. The molecule has 2 N–H and O–H groups in total. The molecule has 0 unspecified atom stereocenters. The number of carboxylic acid groups (broad SMARTS) is 1. The SMILES string of the molecule is O=C(O)COc1ccc(/C=N\NC(=O)COc2ccc([N+](=O)[O-])cc2)cc1. The molecule has 0 fully saturated rings. The highest BCUT2D eigenvalue weighted by atomic mass is 16.6. The van der Waals surface area contributed by atoms with Gasteiger partial charge in [0.1, 0.15) is 11.5 Å². The Balaban J connectivity index is 1.75. The molecule has 0 bridgehead atoms. The minimum Gasteiger partial charge on any atom is -0.484 e. The van der Waals surface area contributed by atoms with Crippen LogP contribution in [0.25, 0.3) is 0 Å². The van der Waals surface area contributed by atoms with E-state index in [1.807, 2.05) is 0 Å². The van der Waals surface area contributed by atoms with Crippen LogP contribution >= 0.6 is 0 Å². The number of ether oxygens (including phenoxy) is 2. The lowest BCUT2D eigenvalue weighted by molar-refractivity contribution is -0.384. The number of non-ortho nitro benzene ring substituents is 1. The molecule has 2 aromatic carbocycles. The van der Waals surface area contributed by atoms with Crippen molar-refractivity contribution in [2.24, 2.45) is 5.10 Å². The van der Waals surface area contributed by atoms with Crippen molar-refractivity contribution >= 4 is 23.8 Å². The molecule has 27 heavy (non-hydrogen) atoms. The molecule has 0 atom stereocenters. The van der Waals surface area contributed by atoms with Crippen LogP contribution in [0, 0.1) is 10.1 Å². The van der Waals surface area contributed by atoms with Crippen molar-refractivity contribution in [3.05, 3.63) is 64.2 Å². The summed E-state index contributed by atoms with van der Waals surface area (Å²) in [6.07, 6.45) is 1.39. The number of carbonyl (C=O) groups is 2. The number of nitro benzene ring substituents is 1. The van der Waals surface area contributed by atoms with Gasteiger partial charge in [0.05, 0.1) is 11.1 Å². The number of hydrogen-bond donors (Lipinski definition) is 2. The van der Waals surface area contributed by atoms with E-state index >= 15 is 0 Å². The van der Waals surface area contributed by atoms with Crippen molar-refractivity contribution in [2.75, 3.05) is 13.2 Å². The van der Waals surface area contributed by atoms with Gasteiger partial charge in [-0.2, -0.15) is 5.10 Å². The Kier molecular flexibility index (Phi) is 6.83. The van der Waals surface area contributed by atoms with E-state index in [0.717, 1.165) is 0 Å². The first kappa shape index (κ1) is 19.4. The average molecular weight is 373 g/mol. The summed E-state index contributed by atoms with van der Waals surface area (Å²) >= 11 is 0. The van der Waals surface area contributed by atoms with Gasteiger partial charge in [0.25, 0.3) is 11.6 Å². The van der Waals surface area contributed by atoms with Crippen molar-refractivity contribution in [1.29, 1.82) is 0 Å². The van der Waals surface area contributed by atoms with E-state index in [0.29, 0.717) is 17.1 Å². The van der Waals surface area contributed by atoms with Gasteiger partial charge in [0.15, 0.2) is 13.2 Å². The summed E-state index contributed by atoms with van der Waals surface area (Å²) in [5.41, 5.74) is 2.86. The summed E-state index contributed by atoms with van der Waals surface area (Å²) in [7, 11) is 0. The summed E-state index contributed by atoms with van der Waals surface area (Å²) in [4.78, 5) is 32.1. The number of nitrogens with zero attached hydrogens (tertiary/aromatic N) is 2. The van der Waals surface area contributed by atoms with E-state index in [1.165, 1.54) is 30.5 Å². The fourth-order valence-electron chi connectivity index (χ4n) is 1.82. The van der Waals surface area contributed by atoms with Crippen molar-refractivity contribution in [2.45, 2.75) is 0 Å². The molecule has 0 heterocycles. The van der Waals surface area contributed by atoms with E-state index in [-0.39, 0.29) is 12.3 Å². The molecular weight excluding hydrogens is 358 g/mol. The fourth-order valence-corrected chi connectivity index (χ4v) is 1.82. The number of amides is 1. The van der Waals surface area contributed by atoms with Crippen LogP contribution in [-0.2, 0) is 9.59 Å². The molecule has 1 amide bonds. The zero-order valence-electron chi connectivity index (χ0n) is 13.9. The number of hydrazone groups is 1. The van der Waals surface area contributed by atoms with Gasteiger partial charge in [0.2, 0.25) is 0 Å². The minimum atomic E-state index is -1.07. The van der Waals surface area contributed by atoms with E-state index in [4.69, 9.17) is 14.6 Å². The van der Waals surface area contributed by atoms with Crippen LogP contribution in [0.4, 0.5) is 5.69 Å². The number of carbonyl (C=O) groups excluding carboxylic acids is 1. The zero-order valence-corrected chi connectivity index (χ0v) is 13.9. The van der Waals surface area contributed by atoms with Gasteiger partial charge in [-0.3, -0.25) is 14.9 Å². The Morgan fingerprint density at radius 2 is 1.59 bits per heavy atom. The normalized spacial score (nSPS) is 10.4. The highest BCUT2D eigenvalue weighted by molar-refractivity contribution is 5.83.